The van der Waals surface area contributed by atoms with Crippen molar-refractivity contribution in [2.75, 3.05) is 5.32 Å². The Balaban J connectivity index is 2.35. The fourth-order valence-corrected chi connectivity index (χ4v) is 2.84. The first kappa shape index (κ1) is 15.2. The molecule has 2 aromatic carbocycles. The zero-order chi connectivity index (χ0) is 15.6. The molecule has 1 amide bonds. The Hall–Kier alpha value is -2.18. The second-order valence-corrected chi connectivity index (χ2v) is 6.33. The summed E-state index contributed by atoms with van der Waals surface area (Å²) in [5.74, 6) is -0.298. The van der Waals surface area contributed by atoms with Crippen LogP contribution in [0, 0.1) is 13.8 Å². The van der Waals surface area contributed by atoms with Crippen LogP contribution >= 0.6 is 0 Å². The van der Waals surface area contributed by atoms with Gasteiger partial charge in [-0.3, -0.25) is 4.79 Å². The van der Waals surface area contributed by atoms with E-state index < -0.39 is 10.0 Å². The number of amides is 1. The Labute approximate surface area is 123 Å². The van der Waals surface area contributed by atoms with Crippen molar-refractivity contribution in [3.63, 3.8) is 0 Å². The molecule has 2 aromatic rings. The highest BCUT2D eigenvalue weighted by atomic mass is 32.2. The van der Waals surface area contributed by atoms with Crippen LogP contribution in [0.3, 0.4) is 0 Å². The van der Waals surface area contributed by atoms with Gasteiger partial charge in [-0.25, -0.2) is 13.6 Å². The summed E-state index contributed by atoms with van der Waals surface area (Å²) in [6.45, 7) is 3.50. The largest absolute Gasteiger partial charge is 0.322 e. The van der Waals surface area contributed by atoms with Crippen LogP contribution in [0.25, 0.3) is 0 Å². The van der Waals surface area contributed by atoms with E-state index in [0.29, 0.717) is 16.8 Å². The average molecular weight is 304 g/mol. The summed E-state index contributed by atoms with van der Waals surface area (Å²) in [4.78, 5) is 12.2. The van der Waals surface area contributed by atoms with E-state index in [9.17, 15) is 13.2 Å². The van der Waals surface area contributed by atoms with Gasteiger partial charge in [0.05, 0.1) is 4.90 Å². The summed E-state index contributed by atoms with van der Waals surface area (Å²) in [7, 11) is -3.81. The number of nitrogens with one attached hydrogen (secondary N) is 1. The van der Waals surface area contributed by atoms with Crippen LogP contribution in [0.15, 0.2) is 47.4 Å². The van der Waals surface area contributed by atoms with E-state index in [1.54, 1.807) is 37.3 Å². The van der Waals surface area contributed by atoms with Crippen LogP contribution in [0.1, 0.15) is 21.5 Å². The third-order valence-corrected chi connectivity index (χ3v) is 4.17. The van der Waals surface area contributed by atoms with Crippen molar-refractivity contribution in [2.24, 2.45) is 5.14 Å². The van der Waals surface area contributed by atoms with E-state index in [-0.39, 0.29) is 10.8 Å². The molecule has 0 saturated carbocycles. The van der Waals surface area contributed by atoms with Crippen LogP contribution in [0.4, 0.5) is 5.69 Å². The van der Waals surface area contributed by atoms with Crippen molar-refractivity contribution >= 4 is 21.6 Å². The number of anilines is 1. The molecule has 0 unspecified atom stereocenters. The zero-order valence-corrected chi connectivity index (χ0v) is 12.6. The fourth-order valence-electron chi connectivity index (χ4n) is 2.04. The molecule has 3 N–H and O–H groups in total. The van der Waals surface area contributed by atoms with Gasteiger partial charge in [-0.15, -0.1) is 0 Å². The molecular formula is C15H16N2O3S. The molecule has 0 spiro atoms. The molecular weight excluding hydrogens is 288 g/mol. The number of nitrogens with two attached hydrogens (primary N) is 1. The Morgan fingerprint density at radius 3 is 2.38 bits per heavy atom. The summed E-state index contributed by atoms with van der Waals surface area (Å²) in [5.41, 5.74) is 2.32. The van der Waals surface area contributed by atoms with Crippen LogP contribution in [-0.2, 0) is 10.0 Å². The minimum atomic E-state index is -3.81. The molecule has 0 aliphatic heterocycles. The molecule has 0 bridgehead atoms. The second-order valence-electron chi connectivity index (χ2n) is 4.80. The fraction of sp³-hybridized carbons (Fsp3) is 0.133. The molecule has 0 aliphatic rings. The standard InChI is InChI=1S/C15H16N2O3S/c1-10-5-3-6-12(9-10)15(18)17-13-7-4-8-14(11(13)2)21(16,19)20/h3-9H,1-2H3,(H,17,18)(H2,16,19,20). The number of benzene rings is 2. The molecule has 2 rings (SSSR count). The Kier molecular flexibility index (Phi) is 4.11. The van der Waals surface area contributed by atoms with Crippen molar-refractivity contribution in [1.82, 2.24) is 0 Å². The lowest BCUT2D eigenvalue weighted by Crippen LogP contribution is -2.17. The molecule has 0 saturated heterocycles. The number of aryl methyl sites for hydroxylation is 1. The highest BCUT2D eigenvalue weighted by Crippen LogP contribution is 2.22. The van der Waals surface area contributed by atoms with E-state index in [0.717, 1.165) is 5.56 Å². The SMILES string of the molecule is Cc1cccc(C(=O)Nc2cccc(S(N)(=O)=O)c2C)c1. The van der Waals surface area contributed by atoms with Gasteiger partial charge < -0.3 is 5.32 Å². The summed E-state index contributed by atoms with van der Waals surface area (Å²) < 4.78 is 22.9. The normalized spacial score (nSPS) is 11.2. The maximum absolute atomic E-state index is 12.2. The topological polar surface area (TPSA) is 89.3 Å². The first-order valence-electron chi connectivity index (χ1n) is 6.29. The third-order valence-electron chi connectivity index (χ3n) is 3.12. The van der Waals surface area contributed by atoms with Crippen LogP contribution in [-0.4, -0.2) is 14.3 Å². The molecule has 0 atom stereocenters. The van der Waals surface area contributed by atoms with E-state index in [1.165, 1.54) is 6.07 Å². The van der Waals surface area contributed by atoms with Gasteiger partial charge >= 0.3 is 0 Å². The Bertz CT molecular complexity index is 798. The van der Waals surface area contributed by atoms with E-state index in [2.05, 4.69) is 5.32 Å². The number of sulfonamides is 1. The van der Waals surface area contributed by atoms with Crippen molar-refractivity contribution < 1.29 is 13.2 Å². The van der Waals surface area contributed by atoms with Crippen molar-refractivity contribution in [1.29, 1.82) is 0 Å². The minimum absolute atomic E-state index is 0.00421. The minimum Gasteiger partial charge on any atom is -0.322 e. The highest BCUT2D eigenvalue weighted by Gasteiger charge is 2.15. The number of rotatable bonds is 3. The van der Waals surface area contributed by atoms with Gasteiger partial charge in [0.25, 0.3) is 5.91 Å². The Morgan fingerprint density at radius 2 is 1.76 bits per heavy atom. The van der Waals surface area contributed by atoms with Gasteiger partial charge in [0, 0.05) is 11.3 Å². The summed E-state index contributed by atoms with van der Waals surface area (Å²) in [6, 6.07) is 11.7. The van der Waals surface area contributed by atoms with Gasteiger partial charge in [-0.2, -0.15) is 0 Å². The van der Waals surface area contributed by atoms with Gasteiger partial charge in [0.1, 0.15) is 0 Å². The predicted molar refractivity (Wildman–Crippen MR) is 81.7 cm³/mol. The molecule has 6 heteroatoms. The molecule has 21 heavy (non-hydrogen) atoms. The first-order valence-corrected chi connectivity index (χ1v) is 7.84. The quantitative estimate of drug-likeness (QED) is 0.911. The average Bonchev–Trinajstić information content (AvgIpc) is 2.39. The highest BCUT2D eigenvalue weighted by molar-refractivity contribution is 7.89. The van der Waals surface area contributed by atoms with Gasteiger partial charge in [-0.05, 0) is 43.7 Å². The van der Waals surface area contributed by atoms with Crippen molar-refractivity contribution in [3.8, 4) is 0 Å². The van der Waals surface area contributed by atoms with Crippen LogP contribution in [0.5, 0.6) is 0 Å². The van der Waals surface area contributed by atoms with Crippen LogP contribution in [0.2, 0.25) is 0 Å². The number of primary sulfonamides is 1. The smallest absolute Gasteiger partial charge is 0.255 e. The lowest BCUT2D eigenvalue weighted by Gasteiger charge is -2.11. The molecule has 0 aromatic heterocycles. The van der Waals surface area contributed by atoms with E-state index in [4.69, 9.17) is 5.14 Å². The molecule has 5 nitrogen and oxygen atoms in total. The monoisotopic (exact) mass is 304 g/mol. The number of hydrogen-bond donors (Lipinski definition) is 2. The van der Waals surface area contributed by atoms with Crippen LogP contribution < -0.4 is 10.5 Å². The molecule has 0 radical (unpaired) electrons. The lowest BCUT2D eigenvalue weighted by atomic mass is 10.1. The maximum Gasteiger partial charge on any atom is 0.255 e. The Morgan fingerprint density at radius 1 is 1.10 bits per heavy atom. The van der Waals surface area contributed by atoms with E-state index in [1.807, 2.05) is 13.0 Å². The number of carbonyl (C=O) groups excluding carboxylic acids is 1. The lowest BCUT2D eigenvalue weighted by molar-refractivity contribution is 0.102. The van der Waals surface area contributed by atoms with Crippen molar-refractivity contribution in [2.45, 2.75) is 18.7 Å². The van der Waals surface area contributed by atoms with Gasteiger partial charge in [0.15, 0.2) is 0 Å². The summed E-state index contributed by atoms with van der Waals surface area (Å²) in [6.07, 6.45) is 0. The zero-order valence-electron chi connectivity index (χ0n) is 11.8. The summed E-state index contributed by atoms with van der Waals surface area (Å²) in [5, 5.41) is 7.86. The molecule has 110 valence electrons. The van der Waals surface area contributed by atoms with Crippen molar-refractivity contribution in [3.05, 3.63) is 59.2 Å². The molecule has 0 aliphatic carbocycles. The van der Waals surface area contributed by atoms with Gasteiger partial charge in [0.2, 0.25) is 10.0 Å². The first-order chi connectivity index (χ1) is 9.79. The summed E-state index contributed by atoms with van der Waals surface area (Å²) >= 11 is 0. The van der Waals surface area contributed by atoms with E-state index >= 15 is 0 Å². The predicted octanol–water partition coefficient (Wildman–Crippen LogP) is 2.20. The van der Waals surface area contributed by atoms with Gasteiger partial charge in [-0.1, -0.05) is 23.8 Å². The molecule has 0 heterocycles. The number of carbonyl (C=O) groups is 1. The second kappa shape index (κ2) is 5.67. The maximum atomic E-state index is 12.2. The number of hydrogen-bond acceptors (Lipinski definition) is 3. The third kappa shape index (κ3) is 3.48. The molecule has 0 fully saturated rings.